The molecule has 0 radical (unpaired) electrons. The Bertz CT molecular complexity index is 823. The average Bonchev–Trinajstić information content (AvgIpc) is 2.65. The van der Waals surface area contributed by atoms with Crippen molar-refractivity contribution < 1.29 is 14.5 Å². The number of hydrogen-bond acceptors (Lipinski definition) is 5. The van der Waals surface area contributed by atoms with Crippen molar-refractivity contribution in [1.82, 2.24) is 10.6 Å². The summed E-state index contributed by atoms with van der Waals surface area (Å²) in [6, 6.07) is 13.6. The standard InChI is InChI=1S/C19H22N4O4/c1-14-6-2-3-7-15(14)19(25)22-11-10-18(24)21-13-12-20-16-8-4-5-9-17(16)23(26)27/h2-9,20H,10-13H2,1H3,(H,21,24)(H,22,25). The van der Waals surface area contributed by atoms with E-state index in [1.165, 1.54) is 6.07 Å². The van der Waals surface area contributed by atoms with Crippen molar-refractivity contribution in [2.24, 2.45) is 0 Å². The number of benzene rings is 2. The first-order valence-corrected chi connectivity index (χ1v) is 8.57. The van der Waals surface area contributed by atoms with Crippen molar-refractivity contribution in [2.75, 3.05) is 25.0 Å². The van der Waals surface area contributed by atoms with Gasteiger partial charge in [-0.2, -0.15) is 0 Å². The van der Waals surface area contributed by atoms with E-state index < -0.39 is 4.92 Å². The zero-order chi connectivity index (χ0) is 19.6. The van der Waals surface area contributed by atoms with E-state index in [1.807, 2.05) is 19.1 Å². The first kappa shape index (κ1) is 19.9. The molecule has 142 valence electrons. The molecule has 0 fully saturated rings. The zero-order valence-corrected chi connectivity index (χ0v) is 15.0. The van der Waals surface area contributed by atoms with Crippen molar-refractivity contribution in [2.45, 2.75) is 13.3 Å². The lowest BCUT2D eigenvalue weighted by atomic mass is 10.1. The first-order chi connectivity index (χ1) is 13.0. The van der Waals surface area contributed by atoms with Gasteiger partial charge in [0, 0.05) is 37.7 Å². The Kier molecular flexibility index (Phi) is 7.30. The Balaban J connectivity index is 1.66. The number of amides is 2. The van der Waals surface area contributed by atoms with E-state index in [0.29, 0.717) is 24.3 Å². The summed E-state index contributed by atoms with van der Waals surface area (Å²) in [5, 5.41) is 19.3. The minimum atomic E-state index is -0.460. The van der Waals surface area contributed by atoms with E-state index in [4.69, 9.17) is 0 Å². The van der Waals surface area contributed by atoms with Gasteiger partial charge >= 0.3 is 0 Å². The normalized spacial score (nSPS) is 10.1. The minimum Gasteiger partial charge on any atom is -0.378 e. The van der Waals surface area contributed by atoms with Gasteiger partial charge < -0.3 is 16.0 Å². The molecule has 0 heterocycles. The number of nitro groups is 1. The highest BCUT2D eigenvalue weighted by Crippen LogP contribution is 2.22. The summed E-state index contributed by atoms with van der Waals surface area (Å²) in [6.45, 7) is 2.76. The fourth-order valence-corrected chi connectivity index (χ4v) is 2.48. The largest absolute Gasteiger partial charge is 0.378 e. The van der Waals surface area contributed by atoms with E-state index in [-0.39, 0.29) is 30.5 Å². The van der Waals surface area contributed by atoms with Crippen molar-refractivity contribution in [1.29, 1.82) is 0 Å². The Morgan fingerprint density at radius 3 is 2.41 bits per heavy atom. The fourth-order valence-electron chi connectivity index (χ4n) is 2.48. The maximum atomic E-state index is 12.0. The molecular formula is C19H22N4O4. The SMILES string of the molecule is Cc1ccccc1C(=O)NCCC(=O)NCCNc1ccccc1[N+](=O)[O-]. The van der Waals surface area contributed by atoms with Crippen LogP contribution in [0.4, 0.5) is 11.4 Å². The molecule has 0 saturated heterocycles. The molecular weight excluding hydrogens is 348 g/mol. The molecule has 27 heavy (non-hydrogen) atoms. The highest BCUT2D eigenvalue weighted by atomic mass is 16.6. The van der Waals surface area contributed by atoms with Gasteiger partial charge in [0.25, 0.3) is 11.6 Å². The van der Waals surface area contributed by atoms with Crippen LogP contribution in [0.1, 0.15) is 22.3 Å². The summed E-state index contributed by atoms with van der Waals surface area (Å²) in [5.41, 5.74) is 1.86. The number of nitrogens with one attached hydrogen (secondary N) is 3. The smallest absolute Gasteiger partial charge is 0.292 e. The van der Waals surface area contributed by atoms with Crippen molar-refractivity contribution in [3.63, 3.8) is 0 Å². The number of aryl methyl sites for hydroxylation is 1. The third kappa shape index (κ3) is 6.10. The second-order valence-corrected chi connectivity index (χ2v) is 5.87. The molecule has 0 aliphatic heterocycles. The lowest BCUT2D eigenvalue weighted by Gasteiger charge is -2.09. The van der Waals surface area contributed by atoms with Gasteiger partial charge in [-0.05, 0) is 24.6 Å². The number of para-hydroxylation sites is 2. The highest BCUT2D eigenvalue weighted by molar-refractivity contribution is 5.95. The molecule has 2 aromatic carbocycles. The van der Waals surface area contributed by atoms with Gasteiger partial charge in [-0.3, -0.25) is 19.7 Å². The number of hydrogen-bond donors (Lipinski definition) is 3. The van der Waals surface area contributed by atoms with Crippen LogP contribution in [0.25, 0.3) is 0 Å². The molecule has 2 aromatic rings. The lowest BCUT2D eigenvalue weighted by Crippen LogP contribution is -2.33. The second kappa shape index (κ2) is 9.91. The molecule has 0 unspecified atom stereocenters. The Morgan fingerprint density at radius 1 is 0.963 bits per heavy atom. The van der Waals surface area contributed by atoms with E-state index in [0.717, 1.165) is 5.56 Å². The van der Waals surface area contributed by atoms with Crippen LogP contribution in [0.3, 0.4) is 0 Å². The summed E-state index contributed by atoms with van der Waals surface area (Å²) in [5.74, 6) is -0.414. The van der Waals surface area contributed by atoms with Gasteiger partial charge in [0.05, 0.1) is 4.92 Å². The Labute approximate surface area is 157 Å². The first-order valence-electron chi connectivity index (χ1n) is 8.57. The van der Waals surface area contributed by atoms with Gasteiger partial charge in [0.15, 0.2) is 0 Å². The van der Waals surface area contributed by atoms with Gasteiger partial charge in [0.1, 0.15) is 5.69 Å². The molecule has 0 spiro atoms. The van der Waals surface area contributed by atoms with Crippen LogP contribution in [0.2, 0.25) is 0 Å². The van der Waals surface area contributed by atoms with E-state index >= 15 is 0 Å². The van der Waals surface area contributed by atoms with Crippen molar-refractivity contribution >= 4 is 23.2 Å². The van der Waals surface area contributed by atoms with Crippen LogP contribution in [-0.4, -0.2) is 36.4 Å². The van der Waals surface area contributed by atoms with Crippen LogP contribution < -0.4 is 16.0 Å². The molecule has 3 N–H and O–H groups in total. The number of nitrogens with zero attached hydrogens (tertiary/aromatic N) is 1. The molecule has 0 bridgehead atoms. The number of anilines is 1. The predicted molar refractivity (Wildman–Crippen MR) is 103 cm³/mol. The highest BCUT2D eigenvalue weighted by Gasteiger charge is 2.11. The van der Waals surface area contributed by atoms with Crippen LogP contribution in [-0.2, 0) is 4.79 Å². The van der Waals surface area contributed by atoms with Crippen LogP contribution in [0.15, 0.2) is 48.5 Å². The van der Waals surface area contributed by atoms with Crippen LogP contribution in [0, 0.1) is 17.0 Å². The number of rotatable bonds is 9. The number of carbonyl (C=O) groups is 2. The summed E-state index contributed by atoms with van der Waals surface area (Å²) >= 11 is 0. The lowest BCUT2D eigenvalue weighted by molar-refractivity contribution is -0.384. The molecule has 0 aliphatic rings. The topological polar surface area (TPSA) is 113 Å². The van der Waals surface area contributed by atoms with Crippen molar-refractivity contribution in [3.05, 3.63) is 69.8 Å². The summed E-state index contributed by atoms with van der Waals surface area (Å²) in [7, 11) is 0. The van der Waals surface area contributed by atoms with Gasteiger partial charge in [-0.15, -0.1) is 0 Å². The molecule has 8 heteroatoms. The van der Waals surface area contributed by atoms with Crippen LogP contribution >= 0.6 is 0 Å². The van der Waals surface area contributed by atoms with Gasteiger partial charge in [-0.1, -0.05) is 30.3 Å². The third-order valence-electron chi connectivity index (χ3n) is 3.89. The summed E-state index contributed by atoms with van der Waals surface area (Å²) in [6.07, 6.45) is 0.156. The van der Waals surface area contributed by atoms with E-state index in [2.05, 4.69) is 16.0 Å². The minimum absolute atomic E-state index is 0.0113. The molecule has 2 rings (SSSR count). The van der Waals surface area contributed by atoms with E-state index in [9.17, 15) is 19.7 Å². The fraction of sp³-hybridized carbons (Fsp3) is 0.263. The monoisotopic (exact) mass is 370 g/mol. The number of nitro benzene ring substituents is 1. The predicted octanol–water partition coefficient (Wildman–Crippen LogP) is 2.25. The summed E-state index contributed by atoms with van der Waals surface area (Å²) < 4.78 is 0. The van der Waals surface area contributed by atoms with Gasteiger partial charge in [0.2, 0.25) is 5.91 Å². The Hall–Kier alpha value is -3.42. The molecule has 0 saturated carbocycles. The molecule has 0 atom stereocenters. The quantitative estimate of drug-likeness (QED) is 0.356. The molecule has 8 nitrogen and oxygen atoms in total. The molecule has 0 aromatic heterocycles. The number of carbonyl (C=O) groups excluding carboxylic acids is 2. The van der Waals surface area contributed by atoms with Crippen molar-refractivity contribution in [3.8, 4) is 0 Å². The molecule has 2 amide bonds. The van der Waals surface area contributed by atoms with E-state index in [1.54, 1.807) is 30.3 Å². The third-order valence-corrected chi connectivity index (χ3v) is 3.89. The molecule has 0 aliphatic carbocycles. The maximum absolute atomic E-state index is 12.0. The second-order valence-electron chi connectivity index (χ2n) is 5.87. The zero-order valence-electron chi connectivity index (χ0n) is 15.0. The van der Waals surface area contributed by atoms with Gasteiger partial charge in [-0.25, -0.2) is 0 Å². The summed E-state index contributed by atoms with van der Waals surface area (Å²) in [4.78, 5) is 34.3. The average molecular weight is 370 g/mol. The Morgan fingerprint density at radius 2 is 1.67 bits per heavy atom. The maximum Gasteiger partial charge on any atom is 0.292 e. The van der Waals surface area contributed by atoms with Crippen LogP contribution in [0.5, 0.6) is 0 Å².